The highest BCUT2D eigenvalue weighted by molar-refractivity contribution is 6.83. The molecule has 0 spiro atoms. The van der Waals surface area contributed by atoms with Crippen LogP contribution in [0.25, 0.3) is 33.1 Å². The SMILES string of the molecule is CC(C)[Si](C(C)C)(C(C)C)n1cc(Cc2ccc(Cl)nc2)c2cccnc21.CC(C)[Si](C(C)C)(C(C)C)n1cc(Cc2ccc(NCc3ccccc3)nc2)c2cccnc21.c1ccc(CNc2ccc(Cc3c[nH]c4ncccc34)cn2)cc1. The van der Waals surface area contributed by atoms with Crippen molar-refractivity contribution in [2.24, 2.45) is 0 Å². The first-order valence-electron chi connectivity index (χ1n) is 30.4. The highest BCUT2D eigenvalue weighted by Gasteiger charge is 2.47. The fourth-order valence-electron chi connectivity index (χ4n) is 14.0. The van der Waals surface area contributed by atoms with Crippen LogP contribution in [0.3, 0.4) is 0 Å². The number of aromatic nitrogens is 9. The summed E-state index contributed by atoms with van der Waals surface area (Å²) in [5, 5.41) is 11.0. The Morgan fingerprint density at radius 2 is 0.788 bits per heavy atom. The van der Waals surface area contributed by atoms with Crippen LogP contribution < -0.4 is 10.6 Å². The van der Waals surface area contributed by atoms with Crippen LogP contribution >= 0.6 is 11.6 Å². The van der Waals surface area contributed by atoms with Crippen molar-refractivity contribution >= 4 is 72.8 Å². The van der Waals surface area contributed by atoms with Gasteiger partial charge in [-0.05, 0) is 132 Å². The number of fused-ring (bicyclic) bond motifs is 3. The summed E-state index contributed by atoms with van der Waals surface area (Å²) in [7, 11) is -3.74. The monoisotopic (exact) mass is 1180 g/mol. The van der Waals surface area contributed by atoms with E-state index in [1.54, 1.807) is 6.20 Å². The Balaban J connectivity index is 0.000000155. The molecular weight excluding hydrogens is 1100 g/mol. The normalized spacial score (nSPS) is 12.0. The predicted molar refractivity (Wildman–Crippen MR) is 362 cm³/mol. The molecule has 11 rings (SSSR count). The number of pyridine rings is 6. The van der Waals surface area contributed by atoms with Gasteiger partial charge in [-0.3, -0.25) is 0 Å². The van der Waals surface area contributed by atoms with Gasteiger partial charge >= 0.3 is 0 Å². The second-order valence-electron chi connectivity index (χ2n) is 24.5. The van der Waals surface area contributed by atoms with Gasteiger partial charge in [0.15, 0.2) is 16.5 Å². The van der Waals surface area contributed by atoms with E-state index in [1.165, 1.54) is 60.7 Å². The molecule has 14 heteroatoms. The number of aromatic amines is 1. The predicted octanol–water partition coefficient (Wildman–Crippen LogP) is 18.5. The maximum absolute atomic E-state index is 5.96. The average Bonchev–Trinajstić information content (AvgIpc) is 1.82. The van der Waals surface area contributed by atoms with E-state index in [0.717, 1.165) is 60.9 Å². The van der Waals surface area contributed by atoms with E-state index in [4.69, 9.17) is 21.6 Å². The largest absolute Gasteiger partial charge is 0.366 e. The molecule has 0 bridgehead atoms. The number of nitrogens with one attached hydrogen (secondary N) is 3. The zero-order valence-electron chi connectivity index (χ0n) is 51.9. The molecule has 3 N–H and O–H groups in total. The van der Waals surface area contributed by atoms with Gasteiger partial charge in [-0.2, -0.15) is 0 Å². The first kappa shape index (κ1) is 61.8. The third kappa shape index (κ3) is 13.9. The van der Waals surface area contributed by atoms with Crippen LogP contribution in [0, 0.1) is 0 Å². The van der Waals surface area contributed by atoms with Gasteiger partial charge in [0.1, 0.15) is 33.7 Å². The molecule has 0 radical (unpaired) electrons. The van der Waals surface area contributed by atoms with Crippen LogP contribution in [0.4, 0.5) is 11.6 Å². The Morgan fingerprint density at radius 3 is 1.18 bits per heavy atom. The van der Waals surface area contributed by atoms with E-state index in [2.05, 4.69) is 224 Å². The maximum Gasteiger partial charge on any atom is 0.171 e. The van der Waals surface area contributed by atoms with Crippen LogP contribution in [0.5, 0.6) is 0 Å². The Labute approximate surface area is 511 Å². The van der Waals surface area contributed by atoms with Crippen molar-refractivity contribution in [1.29, 1.82) is 0 Å². The summed E-state index contributed by atoms with van der Waals surface area (Å²) in [5.41, 5.74) is 16.9. The Morgan fingerprint density at radius 1 is 0.400 bits per heavy atom. The van der Waals surface area contributed by atoms with Gasteiger partial charge in [0.05, 0.1) is 0 Å². The van der Waals surface area contributed by atoms with Crippen molar-refractivity contribution in [2.45, 2.75) is 149 Å². The van der Waals surface area contributed by atoms with Crippen molar-refractivity contribution < 1.29 is 0 Å². The highest BCUT2D eigenvalue weighted by atomic mass is 35.5. The number of rotatable bonds is 20. The molecule has 85 heavy (non-hydrogen) atoms. The van der Waals surface area contributed by atoms with Crippen LogP contribution in [0.15, 0.2) is 189 Å². The fraction of sp³-hybridized carbons (Fsp3) is 0.324. The van der Waals surface area contributed by atoms with Gasteiger partial charge in [-0.15, -0.1) is 0 Å². The number of nitrogens with zero attached hydrogens (tertiary/aromatic N) is 8. The minimum atomic E-state index is -1.89. The van der Waals surface area contributed by atoms with Crippen molar-refractivity contribution in [2.75, 3.05) is 10.6 Å². The summed E-state index contributed by atoms with van der Waals surface area (Å²) in [6, 6.07) is 45.7. The molecule has 9 heterocycles. The van der Waals surface area contributed by atoms with Crippen molar-refractivity contribution in [3.8, 4) is 0 Å². The lowest BCUT2D eigenvalue weighted by Gasteiger charge is -2.44. The summed E-state index contributed by atoms with van der Waals surface area (Å²) < 4.78 is 5.22. The molecule has 440 valence electrons. The average molecular weight is 1190 g/mol. The van der Waals surface area contributed by atoms with Gasteiger partial charge in [0.2, 0.25) is 0 Å². The molecule has 9 aromatic heterocycles. The lowest BCUT2D eigenvalue weighted by Crippen LogP contribution is -2.51. The summed E-state index contributed by atoms with van der Waals surface area (Å²) in [6.07, 6.45) is 20.9. The maximum atomic E-state index is 5.96. The van der Waals surface area contributed by atoms with Crippen molar-refractivity contribution in [3.05, 3.63) is 239 Å². The van der Waals surface area contributed by atoms with Crippen LogP contribution in [0.1, 0.15) is 128 Å². The molecule has 11 nitrogen and oxygen atoms in total. The molecule has 0 saturated heterocycles. The van der Waals surface area contributed by atoms with Crippen molar-refractivity contribution in [3.63, 3.8) is 0 Å². The number of hydrogen-bond donors (Lipinski definition) is 3. The summed E-state index contributed by atoms with van der Waals surface area (Å²) >= 11 is 5.96. The molecule has 0 fully saturated rings. The zero-order valence-corrected chi connectivity index (χ0v) is 54.6. The quantitative estimate of drug-likeness (QED) is 0.0509. The summed E-state index contributed by atoms with van der Waals surface area (Å²) in [4.78, 5) is 30.7. The third-order valence-corrected chi connectivity index (χ3v) is 31.1. The molecule has 0 aliphatic heterocycles. The van der Waals surface area contributed by atoms with Gasteiger partial charge < -0.3 is 24.1 Å². The number of anilines is 2. The Bertz CT molecular complexity index is 3810. The zero-order chi connectivity index (χ0) is 60.3. The number of benzene rings is 2. The minimum absolute atomic E-state index is 0.536. The van der Waals surface area contributed by atoms with E-state index in [-0.39, 0.29) is 0 Å². The van der Waals surface area contributed by atoms with Crippen LogP contribution in [0.2, 0.25) is 38.4 Å². The number of H-pyrrole nitrogens is 1. The molecule has 0 unspecified atom stereocenters. The van der Waals surface area contributed by atoms with E-state index < -0.39 is 16.5 Å². The fourth-order valence-corrected chi connectivity index (χ4v) is 27.3. The first-order chi connectivity index (χ1) is 41.0. The summed E-state index contributed by atoms with van der Waals surface area (Å²) in [6.45, 7) is 30.4. The van der Waals surface area contributed by atoms with Gasteiger partial charge in [0, 0.05) is 104 Å². The molecule has 2 aromatic carbocycles. The molecule has 0 aliphatic rings. The van der Waals surface area contributed by atoms with E-state index in [1.807, 2.05) is 85.7 Å². The Kier molecular flexibility index (Phi) is 20.4. The van der Waals surface area contributed by atoms with Crippen LogP contribution in [-0.4, -0.2) is 59.8 Å². The molecule has 0 atom stereocenters. The number of halogens is 1. The molecule has 0 saturated carbocycles. The standard InChI is InChI=1S/C29H38N4Si.C22H30ClN3Si.C20H18N4/c1-21(2)34(22(3)4,23(5)6)33-20-26(27-13-10-16-30-29(27)33)17-25-14-15-28(32-19-25)31-18-24-11-8-7-9-12-24;1-15(2)27(16(3)4,17(5)6)26-14-19(20-8-7-11-24-22(20)26)12-18-9-10-21(23)25-13-18;1-2-5-15(6-3-1)12-22-19-9-8-16(13-23-19)11-17-14-24-20-18(17)7-4-10-21-20/h7-16,19-23H,17-18H2,1-6H3,(H,31,32);7-11,13-17H,12H2,1-6H3;1-10,13-14H,11-12H2,(H,21,24)(H,22,23). The second kappa shape index (κ2) is 28.0. The molecule has 0 aliphatic carbocycles. The minimum Gasteiger partial charge on any atom is -0.366 e. The van der Waals surface area contributed by atoms with Crippen LogP contribution in [-0.2, 0) is 32.4 Å². The topological polar surface area (TPSA) is 127 Å². The first-order valence-corrected chi connectivity index (χ1v) is 35.1. The van der Waals surface area contributed by atoms with Gasteiger partial charge in [-0.1, -0.05) is 174 Å². The van der Waals surface area contributed by atoms with Gasteiger partial charge in [-0.25, -0.2) is 29.9 Å². The lowest BCUT2D eigenvalue weighted by molar-refractivity contribution is 0.769. The molecule has 0 amide bonds. The van der Waals surface area contributed by atoms with E-state index >= 15 is 0 Å². The van der Waals surface area contributed by atoms with E-state index in [0.29, 0.717) is 38.4 Å². The Hall–Kier alpha value is -7.72. The third-order valence-electron chi connectivity index (χ3n) is 17.5. The smallest absolute Gasteiger partial charge is 0.171 e. The number of hydrogen-bond acceptors (Lipinski definition) is 8. The molecular formula is C71H86ClN11Si2. The second-order valence-corrected chi connectivity index (χ2v) is 36.3. The van der Waals surface area contributed by atoms with E-state index in [9.17, 15) is 0 Å². The highest BCUT2D eigenvalue weighted by Crippen LogP contribution is 2.46. The van der Waals surface area contributed by atoms with Crippen molar-refractivity contribution in [1.82, 2.24) is 43.4 Å². The summed E-state index contributed by atoms with van der Waals surface area (Å²) in [5.74, 6) is 1.80. The van der Waals surface area contributed by atoms with Gasteiger partial charge in [0.25, 0.3) is 0 Å². The molecule has 11 aromatic rings. The lowest BCUT2D eigenvalue weighted by atomic mass is 10.1.